The highest BCUT2D eigenvalue weighted by molar-refractivity contribution is 6.30. The molecule has 2 fully saturated rings. The maximum Gasteiger partial charge on any atom is 0.522 e. The first kappa shape index (κ1) is 23.7. The molecule has 1 aromatic carbocycles. The van der Waals surface area contributed by atoms with Crippen LogP contribution in [0.1, 0.15) is 43.1 Å². The van der Waals surface area contributed by atoms with E-state index in [1.807, 2.05) is 0 Å². The van der Waals surface area contributed by atoms with E-state index < -0.39 is 36.7 Å². The van der Waals surface area contributed by atoms with Crippen LogP contribution in [0.5, 0.6) is 5.75 Å². The smallest absolute Gasteiger partial charge is 0.484 e. The zero-order chi connectivity index (χ0) is 23.6. The lowest BCUT2D eigenvalue weighted by molar-refractivity contribution is -0.352. The minimum Gasteiger partial charge on any atom is -0.484 e. The summed E-state index contributed by atoms with van der Waals surface area (Å²) in [5.74, 6) is -0.206. The van der Waals surface area contributed by atoms with E-state index in [1.54, 1.807) is 24.3 Å². The number of alkyl halides is 4. The van der Waals surface area contributed by atoms with Gasteiger partial charge in [0.1, 0.15) is 18.0 Å². The Morgan fingerprint density at radius 1 is 1.15 bits per heavy atom. The van der Waals surface area contributed by atoms with Crippen molar-refractivity contribution in [3.63, 3.8) is 0 Å². The van der Waals surface area contributed by atoms with Crippen molar-refractivity contribution < 1.29 is 41.0 Å². The molecule has 13 heteroatoms. The Labute approximate surface area is 190 Å². The summed E-state index contributed by atoms with van der Waals surface area (Å²) < 4.78 is 71.6. The molecule has 3 atom stereocenters. The standard InChI is InChI=1S/C20H20ClF4N3O5/c21-11-1-3-12(4-2-11)30-9-17(29)26-15-8-31-16(7-14(15)22)19-28-27-18(32-19)10-5-13(6-10)33-20(23,24)25/h1-4,10,13-16H,5-9H2,(H,26,29)/t10?,13?,14-,15-,16-/m1/s1. The lowest BCUT2D eigenvalue weighted by atomic mass is 9.82. The van der Waals surface area contributed by atoms with Gasteiger partial charge < -0.3 is 19.2 Å². The minimum absolute atomic E-state index is 0.0451. The molecule has 0 bridgehead atoms. The normalized spacial score (nSPS) is 27.6. The molecule has 1 saturated carbocycles. The van der Waals surface area contributed by atoms with E-state index in [-0.39, 0.29) is 50.2 Å². The Balaban J connectivity index is 1.22. The predicted octanol–water partition coefficient (Wildman–Crippen LogP) is 3.87. The molecular formula is C20H20ClF4N3O5. The van der Waals surface area contributed by atoms with E-state index >= 15 is 0 Å². The molecule has 4 rings (SSSR count). The van der Waals surface area contributed by atoms with Crippen molar-refractivity contribution in [2.45, 2.75) is 56.0 Å². The summed E-state index contributed by atoms with van der Waals surface area (Å²) in [6.45, 7) is -0.428. The minimum atomic E-state index is -4.68. The molecule has 2 heterocycles. The Kier molecular flexibility index (Phi) is 7.05. The molecule has 1 N–H and O–H groups in total. The van der Waals surface area contributed by atoms with E-state index in [2.05, 4.69) is 20.3 Å². The number of nitrogens with zero attached hydrogens (tertiary/aromatic N) is 2. The van der Waals surface area contributed by atoms with Crippen LogP contribution in [0.15, 0.2) is 28.7 Å². The summed E-state index contributed by atoms with van der Waals surface area (Å²) in [4.78, 5) is 12.1. The quantitative estimate of drug-likeness (QED) is 0.585. The summed E-state index contributed by atoms with van der Waals surface area (Å²) in [6, 6.07) is 5.56. The van der Waals surface area contributed by atoms with Crippen molar-refractivity contribution in [1.82, 2.24) is 15.5 Å². The van der Waals surface area contributed by atoms with Crippen LogP contribution in [0.3, 0.4) is 0 Å². The fraction of sp³-hybridized carbons (Fsp3) is 0.550. The summed E-state index contributed by atoms with van der Waals surface area (Å²) in [5.41, 5.74) is 0. The molecule has 180 valence electrons. The Hall–Kier alpha value is -2.44. The van der Waals surface area contributed by atoms with Crippen molar-refractivity contribution in [3.8, 4) is 5.75 Å². The fourth-order valence-corrected chi connectivity index (χ4v) is 3.71. The molecule has 1 amide bonds. The third-order valence-electron chi connectivity index (χ3n) is 5.36. The summed E-state index contributed by atoms with van der Waals surface area (Å²) >= 11 is 5.78. The summed E-state index contributed by atoms with van der Waals surface area (Å²) in [7, 11) is 0. The van der Waals surface area contributed by atoms with E-state index in [1.165, 1.54) is 0 Å². The SMILES string of the molecule is O=C(COc1ccc(Cl)cc1)N[C@@H]1CO[C@@H](c2nnc(C3CC(OC(F)(F)F)C3)o2)C[C@H]1F. The molecule has 1 saturated heterocycles. The number of nitrogens with one attached hydrogen (secondary N) is 1. The molecule has 0 radical (unpaired) electrons. The zero-order valence-corrected chi connectivity index (χ0v) is 17.8. The van der Waals surface area contributed by atoms with Crippen LogP contribution in [-0.4, -0.2) is 54.0 Å². The Morgan fingerprint density at radius 3 is 2.52 bits per heavy atom. The highest BCUT2D eigenvalue weighted by Gasteiger charge is 2.43. The molecule has 1 aromatic heterocycles. The molecule has 0 unspecified atom stereocenters. The van der Waals surface area contributed by atoms with Crippen LogP contribution >= 0.6 is 11.6 Å². The molecule has 0 spiro atoms. The van der Waals surface area contributed by atoms with Crippen molar-refractivity contribution in [3.05, 3.63) is 41.1 Å². The van der Waals surface area contributed by atoms with Gasteiger partial charge in [-0.05, 0) is 37.1 Å². The molecular weight excluding hydrogens is 474 g/mol. The maximum atomic E-state index is 14.6. The second kappa shape index (κ2) is 9.82. The number of benzene rings is 1. The topological polar surface area (TPSA) is 95.7 Å². The monoisotopic (exact) mass is 493 g/mol. The first-order valence-corrected chi connectivity index (χ1v) is 10.6. The number of rotatable bonds is 7. The van der Waals surface area contributed by atoms with Gasteiger partial charge in [0.05, 0.1) is 18.8 Å². The second-order valence-electron chi connectivity index (χ2n) is 7.82. The molecule has 2 aromatic rings. The highest BCUT2D eigenvalue weighted by atomic mass is 35.5. The van der Waals surface area contributed by atoms with Gasteiger partial charge in [-0.15, -0.1) is 23.4 Å². The van der Waals surface area contributed by atoms with Crippen LogP contribution in [0.25, 0.3) is 0 Å². The van der Waals surface area contributed by atoms with Gasteiger partial charge in [0.2, 0.25) is 11.8 Å². The average molecular weight is 494 g/mol. The van der Waals surface area contributed by atoms with Crippen LogP contribution < -0.4 is 10.1 Å². The van der Waals surface area contributed by atoms with Crippen LogP contribution in [-0.2, 0) is 14.3 Å². The average Bonchev–Trinajstić information content (AvgIpc) is 3.20. The van der Waals surface area contributed by atoms with Crippen LogP contribution in [0.4, 0.5) is 17.6 Å². The maximum absolute atomic E-state index is 14.6. The van der Waals surface area contributed by atoms with Crippen molar-refractivity contribution in [2.75, 3.05) is 13.2 Å². The largest absolute Gasteiger partial charge is 0.522 e. The highest BCUT2D eigenvalue weighted by Crippen LogP contribution is 2.41. The first-order valence-electron chi connectivity index (χ1n) is 10.2. The Bertz CT molecular complexity index is 952. The Morgan fingerprint density at radius 2 is 1.85 bits per heavy atom. The predicted molar refractivity (Wildman–Crippen MR) is 104 cm³/mol. The number of carbonyl (C=O) groups is 1. The molecule has 1 aliphatic carbocycles. The van der Waals surface area contributed by atoms with Crippen molar-refractivity contribution in [2.24, 2.45) is 0 Å². The van der Waals surface area contributed by atoms with Gasteiger partial charge in [-0.3, -0.25) is 9.53 Å². The number of aromatic nitrogens is 2. The van der Waals surface area contributed by atoms with Gasteiger partial charge in [-0.1, -0.05) is 11.6 Å². The van der Waals surface area contributed by atoms with Gasteiger partial charge in [0.15, 0.2) is 6.61 Å². The number of carbonyl (C=O) groups excluding carboxylic acids is 1. The molecule has 33 heavy (non-hydrogen) atoms. The van der Waals surface area contributed by atoms with Crippen molar-refractivity contribution in [1.29, 1.82) is 0 Å². The lowest BCUT2D eigenvalue weighted by Crippen LogP contribution is -2.49. The van der Waals surface area contributed by atoms with E-state index in [0.29, 0.717) is 10.8 Å². The van der Waals surface area contributed by atoms with Gasteiger partial charge in [0.25, 0.3) is 5.91 Å². The third kappa shape index (κ3) is 6.33. The lowest BCUT2D eigenvalue weighted by Gasteiger charge is -2.33. The number of halogens is 5. The summed E-state index contributed by atoms with van der Waals surface area (Å²) in [5, 5.41) is 10.7. The molecule has 8 nitrogen and oxygen atoms in total. The summed E-state index contributed by atoms with van der Waals surface area (Å²) in [6.07, 6.45) is -7.81. The third-order valence-corrected chi connectivity index (χ3v) is 5.61. The van der Waals surface area contributed by atoms with Gasteiger partial charge in [-0.25, -0.2) is 4.39 Å². The number of amides is 1. The second-order valence-corrected chi connectivity index (χ2v) is 8.26. The number of hydrogen-bond donors (Lipinski definition) is 1. The van der Waals surface area contributed by atoms with Crippen LogP contribution in [0.2, 0.25) is 5.02 Å². The zero-order valence-electron chi connectivity index (χ0n) is 17.1. The van der Waals surface area contributed by atoms with Gasteiger partial charge >= 0.3 is 6.36 Å². The molecule has 2 aliphatic rings. The van der Waals surface area contributed by atoms with Crippen LogP contribution in [0, 0.1) is 0 Å². The van der Waals surface area contributed by atoms with E-state index in [0.717, 1.165) is 0 Å². The van der Waals surface area contributed by atoms with E-state index in [4.69, 9.17) is 25.5 Å². The number of hydrogen-bond acceptors (Lipinski definition) is 7. The number of ether oxygens (including phenoxy) is 3. The van der Waals surface area contributed by atoms with Crippen molar-refractivity contribution >= 4 is 17.5 Å². The fourth-order valence-electron chi connectivity index (χ4n) is 3.59. The van der Waals surface area contributed by atoms with E-state index in [9.17, 15) is 22.4 Å². The van der Waals surface area contributed by atoms with Gasteiger partial charge in [0, 0.05) is 17.4 Å². The first-order chi connectivity index (χ1) is 15.7. The van der Waals surface area contributed by atoms with Gasteiger partial charge in [-0.2, -0.15) is 0 Å². The molecule has 1 aliphatic heterocycles.